The van der Waals surface area contributed by atoms with Crippen molar-refractivity contribution in [1.29, 1.82) is 0 Å². The lowest BCUT2D eigenvalue weighted by molar-refractivity contribution is -0.116. The molecule has 1 N–H and O–H groups in total. The fraction of sp³-hybridized carbons (Fsp3) is 0.391. The molecule has 1 aliphatic rings. The summed E-state index contributed by atoms with van der Waals surface area (Å²) in [5, 5.41) is 2.75. The molecule has 0 radical (unpaired) electrons. The van der Waals surface area contributed by atoms with Gasteiger partial charge in [0.25, 0.3) is 5.91 Å². The first-order valence-electron chi connectivity index (χ1n) is 10.4. The molecule has 1 aliphatic heterocycles. The van der Waals surface area contributed by atoms with E-state index in [9.17, 15) is 18.0 Å². The standard InChI is InChI=1S/C23H29N3O5S/c1-16-9-10-19(15-17(16)2)26(32(4,29)30)18(3)22(27)24-21-8-6-5-7-20(21)23(28)25-11-13-31-14-12-25/h5-10,15,18H,11-14H2,1-4H3,(H,24,27)/t18-/m0/s1. The first-order valence-corrected chi connectivity index (χ1v) is 12.3. The maximum absolute atomic E-state index is 13.1. The van der Waals surface area contributed by atoms with Crippen molar-refractivity contribution >= 4 is 33.2 Å². The number of hydrogen-bond acceptors (Lipinski definition) is 5. The minimum atomic E-state index is -3.74. The Bertz CT molecular complexity index is 1110. The third kappa shape index (κ3) is 5.28. The number of carbonyl (C=O) groups is 2. The predicted molar refractivity (Wildman–Crippen MR) is 124 cm³/mol. The number of sulfonamides is 1. The molecule has 3 rings (SSSR count). The van der Waals surface area contributed by atoms with Gasteiger partial charge in [0, 0.05) is 13.1 Å². The summed E-state index contributed by atoms with van der Waals surface area (Å²) in [7, 11) is -3.74. The molecule has 1 fully saturated rings. The van der Waals surface area contributed by atoms with Crippen LogP contribution in [0.1, 0.15) is 28.4 Å². The van der Waals surface area contributed by atoms with Gasteiger partial charge in [-0.2, -0.15) is 0 Å². The molecule has 8 nitrogen and oxygen atoms in total. The Labute approximate surface area is 189 Å². The summed E-state index contributed by atoms with van der Waals surface area (Å²) >= 11 is 0. The largest absolute Gasteiger partial charge is 0.378 e. The van der Waals surface area contributed by atoms with Gasteiger partial charge in [-0.1, -0.05) is 18.2 Å². The van der Waals surface area contributed by atoms with Gasteiger partial charge >= 0.3 is 0 Å². The first kappa shape index (κ1) is 23.7. The van der Waals surface area contributed by atoms with Crippen LogP contribution < -0.4 is 9.62 Å². The molecule has 0 aromatic heterocycles. The van der Waals surface area contributed by atoms with E-state index in [0.717, 1.165) is 21.7 Å². The van der Waals surface area contributed by atoms with Gasteiger partial charge in [-0.05, 0) is 56.2 Å². The highest BCUT2D eigenvalue weighted by molar-refractivity contribution is 7.92. The van der Waals surface area contributed by atoms with Crippen molar-refractivity contribution < 1.29 is 22.7 Å². The van der Waals surface area contributed by atoms with Crippen LogP contribution in [-0.4, -0.2) is 63.7 Å². The van der Waals surface area contributed by atoms with Crippen LogP contribution >= 0.6 is 0 Å². The predicted octanol–water partition coefficient (Wildman–Crippen LogP) is 2.57. The summed E-state index contributed by atoms with van der Waals surface area (Å²) in [4.78, 5) is 27.8. The Morgan fingerprint density at radius 3 is 2.34 bits per heavy atom. The second-order valence-corrected chi connectivity index (χ2v) is 9.80. The van der Waals surface area contributed by atoms with Crippen LogP contribution in [0.3, 0.4) is 0 Å². The van der Waals surface area contributed by atoms with Gasteiger partial charge in [-0.25, -0.2) is 8.42 Å². The number of ether oxygens (including phenoxy) is 1. The number of morpholine rings is 1. The average molecular weight is 460 g/mol. The average Bonchev–Trinajstić information content (AvgIpc) is 2.76. The minimum absolute atomic E-state index is 0.203. The summed E-state index contributed by atoms with van der Waals surface area (Å²) in [6.45, 7) is 7.24. The molecule has 9 heteroatoms. The van der Waals surface area contributed by atoms with Crippen LogP contribution in [0.5, 0.6) is 0 Å². The van der Waals surface area contributed by atoms with E-state index >= 15 is 0 Å². The third-order valence-electron chi connectivity index (χ3n) is 5.55. The lowest BCUT2D eigenvalue weighted by Crippen LogP contribution is -2.45. The molecule has 0 aliphatic carbocycles. The Morgan fingerprint density at radius 2 is 1.72 bits per heavy atom. The number of para-hydroxylation sites is 1. The molecular weight excluding hydrogens is 430 g/mol. The van der Waals surface area contributed by atoms with E-state index in [2.05, 4.69) is 5.32 Å². The summed E-state index contributed by atoms with van der Waals surface area (Å²) in [6, 6.07) is 11.0. The molecule has 172 valence electrons. The second-order valence-electron chi connectivity index (χ2n) is 7.94. The van der Waals surface area contributed by atoms with Gasteiger partial charge in [0.1, 0.15) is 6.04 Å². The maximum atomic E-state index is 13.1. The Balaban J connectivity index is 1.87. The minimum Gasteiger partial charge on any atom is -0.378 e. The molecule has 0 unspecified atom stereocenters. The number of aryl methyl sites for hydroxylation is 2. The van der Waals surface area contributed by atoms with Gasteiger partial charge in [0.2, 0.25) is 15.9 Å². The highest BCUT2D eigenvalue weighted by Gasteiger charge is 2.30. The van der Waals surface area contributed by atoms with Crippen molar-refractivity contribution in [3.05, 3.63) is 59.2 Å². The number of amides is 2. The maximum Gasteiger partial charge on any atom is 0.256 e. The lowest BCUT2D eigenvalue weighted by atomic mass is 10.1. The molecular formula is C23H29N3O5S. The molecule has 0 saturated carbocycles. The lowest BCUT2D eigenvalue weighted by Gasteiger charge is -2.30. The van der Waals surface area contributed by atoms with E-state index in [1.165, 1.54) is 6.92 Å². The van der Waals surface area contributed by atoms with Gasteiger partial charge in [0.05, 0.1) is 36.4 Å². The Kier molecular flexibility index (Phi) is 7.20. The molecule has 0 spiro atoms. The summed E-state index contributed by atoms with van der Waals surface area (Å²) < 4.78 is 31.6. The van der Waals surface area contributed by atoms with Crippen molar-refractivity contribution in [2.75, 3.05) is 42.2 Å². The highest BCUT2D eigenvalue weighted by Crippen LogP contribution is 2.25. The van der Waals surface area contributed by atoms with Crippen molar-refractivity contribution in [2.45, 2.75) is 26.8 Å². The van der Waals surface area contributed by atoms with Gasteiger partial charge < -0.3 is 15.0 Å². The van der Waals surface area contributed by atoms with Crippen molar-refractivity contribution in [1.82, 2.24) is 4.90 Å². The summed E-state index contributed by atoms with van der Waals surface area (Å²) in [6.07, 6.45) is 1.07. The molecule has 1 saturated heterocycles. The van der Waals surface area contributed by atoms with E-state index in [-0.39, 0.29) is 5.91 Å². The molecule has 0 bridgehead atoms. The van der Waals surface area contributed by atoms with E-state index in [1.54, 1.807) is 41.3 Å². The van der Waals surface area contributed by atoms with Crippen LogP contribution in [0.25, 0.3) is 0 Å². The third-order valence-corrected chi connectivity index (χ3v) is 6.79. The van der Waals surface area contributed by atoms with Crippen molar-refractivity contribution in [3.8, 4) is 0 Å². The fourth-order valence-corrected chi connectivity index (χ4v) is 4.79. The zero-order chi connectivity index (χ0) is 23.5. The Morgan fingerprint density at radius 1 is 1.06 bits per heavy atom. The van der Waals surface area contributed by atoms with Crippen LogP contribution in [0.2, 0.25) is 0 Å². The number of carbonyl (C=O) groups excluding carboxylic acids is 2. The van der Waals surface area contributed by atoms with E-state index < -0.39 is 22.0 Å². The zero-order valence-corrected chi connectivity index (χ0v) is 19.6. The van der Waals surface area contributed by atoms with Gasteiger partial charge in [0.15, 0.2) is 0 Å². The van der Waals surface area contributed by atoms with Crippen molar-refractivity contribution in [2.24, 2.45) is 0 Å². The normalized spacial score (nSPS) is 15.2. The van der Waals surface area contributed by atoms with Gasteiger partial charge in [-0.3, -0.25) is 13.9 Å². The highest BCUT2D eigenvalue weighted by atomic mass is 32.2. The molecule has 32 heavy (non-hydrogen) atoms. The first-order chi connectivity index (χ1) is 15.1. The smallest absolute Gasteiger partial charge is 0.256 e. The van der Waals surface area contributed by atoms with Crippen LogP contribution in [0.4, 0.5) is 11.4 Å². The fourth-order valence-electron chi connectivity index (χ4n) is 3.62. The molecule has 2 aromatic carbocycles. The van der Waals surface area contributed by atoms with Crippen molar-refractivity contribution in [3.63, 3.8) is 0 Å². The summed E-state index contributed by atoms with van der Waals surface area (Å²) in [5.41, 5.74) is 3.05. The summed E-state index contributed by atoms with van der Waals surface area (Å²) in [5.74, 6) is -0.734. The number of nitrogens with zero attached hydrogens (tertiary/aromatic N) is 2. The van der Waals surface area contributed by atoms with E-state index in [1.807, 2.05) is 19.9 Å². The van der Waals surface area contributed by atoms with E-state index in [4.69, 9.17) is 4.74 Å². The molecule has 2 amide bonds. The molecule has 1 atom stereocenters. The quantitative estimate of drug-likeness (QED) is 0.716. The molecule has 1 heterocycles. The van der Waals surface area contributed by atoms with Gasteiger partial charge in [-0.15, -0.1) is 0 Å². The Hall–Kier alpha value is -2.91. The number of rotatable bonds is 6. The molecule has 2 aromatic rings. The number of benzene rings is 2. The number of anilines is 2. The van der Waals surface area contributed by atoms with Crippen LogP contribution in [-0.2, 0) is 19.6 Å². The zero-order valence-electron chi connectivity index (χ0n) is 18.8. The SMILES string of the molecule is Cc1ccc(N([C@@H](C)C(=O)Nc2ccccc2C(=O)N2CCOCC2)S(C)(=O)=O)cc1C. The monoisotopic (exact) mass is 459 g/mol. The topological polar surface area (TPSA) is 96.0 Å². The number of nitrogens with one attached hydrogen (secondary N) is 1. The second kappa shape index (κ2) is 9.70. The van der Waals surface area contributed by atoms with Crippen LogP contribution in [0, 0.1) is 13.8 Å². The van der Waals surface area contributed by atoms with Crippen LogP contribution in [0.15, 0.2) is 42.5 Å². The number of hydrogen-bond donors (Lipinski definition) is 1. The van der Waals surface area contributed by atoms with E-state index in [0.29, 0.717) is 43.2 Å².